The van der Waals surface area contributed by atoms with Crippen molar-refractivity contribution in [1.29, 1.82) is 0 Å². The number of benzene rings is 2. The first-order chi connectivity index (χ1) is 9.48. The van der Waals surface area contributed by atoms with Crippen molar-refractivity contribution >= 4 is 21.4 Å². The van der Waals surface area contributed by atoms with Crippen molar-refractivity contribution in [2.75, 3.05) is 0 Å². The minimum atomic E-state index is -1.45. The molecule has 1 nitrogen and oxygen atoms in total. The molecule has 1 aromatic heterocycles. The molecule has 1 heterocycles. The van der Waals surface area contributed by atoms with Crippen LogP contribution in [0, 0.1) is 11.6 Å². The topological polar surface area (TPSA) is 20.2 Å². The summed E-state index contributed by atoms with van der Waals surface area (Å²) in [4.78, 5) is 0. The van der Waals surface area contributed by atoms with Gasteiger partial charge in [-0.2, -0.15) is 0 Å². The molecule has 102 valence electrons. The third-order valence-electron chi connectivity index (χ3n) is 3.43. The lowest BCUT2D eigenvalue weighted by atomic mass is 9.87. The smallest absolute Gasteiger partial charge is 0.126 e. The van der Waals surface area contributed by atoms with Crippen LogP contribution in [0.4, 0.5) is 8.78 Å². The fraction of sp³-hybridized carbons (Fsp3) is 0.125. The second-order valence-electron chi connectivity index (χ2n) is 4.87. The predicted octanol–water partition coefficient (Wildman–Crippen LogP) is 4.44. The molecule has 0 spiro atoms. The van der Waals surface area contributed by atoms with Crippen molar-refractivity contribution in [2.24, 2.45) is 0 Å². The second kappa shape index (κ2) is 4.65. The van der Waals surface area contributed by atoms with Crippen molar-refractivity contribution in [1.82, 2.24) is 0 Å². The number of thiophene rings is 1. The minimum absolute atomic E-state index is 0.205. The van der Waals surface area contributed by atoms with E-state index in [2.05, 4.69) is 0 Å². The van der Waals surface area contributed by atoms with Crippen LogP contribution in [0.3, 0.4) is 0 Å². The highest BCUT2D eigenvalue weighted by molar-refractivity contribution is 7.17. The van der Waals surface area contributed by atoms with E-state index >= 15 is 0 Å². The number of rotatable bonds is 2. The van der Waals surface area contributed by atoms with E-state index in [0.29, 0.717) is 5.56 Å². The maximum Gasteiger partial charge on any atom is 0.126 e. The van der Waals surface area contributed by atoms with Crippen LogP contribution in [0.25, 0.3) is 10.1 Å². The molecule has 1 atom stereocenters. The molecule has 0 radical (unpaired) electrons. The Bertz CT molecular complexity index is 757. The summed E-state index contributed by atoms with van der Waals surface area (Å²) in [6.45, 7) is 1.55. The zero-order valence-corrected chi connectivity index (χ0v) is 11.5. The van der Waals surface area contributed by atoms with Gasteiger partial charge in [-0.05, 0) is 41.5 Å². The Balaban J connectivity index is 2.22. The molecule has 0 aliphatic carbocycles. The van der Waals surface area contributed by atoms with Crippen molar-refractivity contribution in [3.63, 3.8) is 0 Å². The van der Waals surface area contributed by atoms with Gasteiger partial charge in [0.25, 0.3) is 0 Å². The largest absolute Gasteiger partial charge is 0.381 e. The van der Waals surface area contributed by atoms with Crippen LogP contribution in [-0.2, 0) is 5.60 Å². The Morgan fingerprint density at radius 3 is 2.45 bits per heavy atom. The number of halogens is 2. The molecular formula is C16H12F2OS. The summed E-state index contributed by atoms with van der Waals surface area (Å²) < 4.78 is 27.7. The summed E-state index contributed by atoms with van der Waals surface area (Å²) in [5, 5.41) is 13.7. The quantitative estimate of drug-likeness (QED) is 0.740. The van der Waals surface area contributed by atoms with E-state index in [4.69, 9.17) is 0 Å². The Kier molecular flexibility index (Phi) is 3.07. The maximum atomic E-state index is 13.4. The molecule has 3 aromatic rings. The van der Waals surface area contributed by atoms with Crippen LogP contribution in [0.5, 0.6) is 0 Å². The van der Waals surface area contributed by atoms with Gasteiger partial charge in [-0.3, -0.25) is 0 Å². The molecule has 0 fully saturated rings. The maximum absolute atomic E-state index is 13.4. The fourth-order valence-electron chi connectivity index (χ4n) is 2.37. The Hall–Kier alpha value is -1.78. The third kappa shape index (κ3) is 2.11. The van der Waals surface area contributed by atoms with E-state index in [0.717, 1.165) is 28.3 Å². The van der Waals surface area contributed by atoms with E-state index in [1.807, 2.05) is 23.6 Å². The van der Waals surface area contributed by atoms with Crippen LogP contribution in [0.15, 0.2) is 47.8 Å². The lowest BCUT2D eigenvalue weighted by Gasteiger charge is -2.25. The SMILES string of the molecule is CC(O)(c1cc(F)cc(F)c1)c1cccc2ccsc12. The highest BCUT2D eigenvalue weighted by Crippen LogP contribution is 2.36. The van der Waals surface area contributed by atoms with Gasteiger partial charge in [0.15, 0.2) is 0 Å². The number of hydrogen-bond acceptors (Lipinski definition) is 2. The van der Waals surface area contributed by atoms with Crippen molar-refractivity contribution < 1.29 is 13.9 Å². The summed E-state index contributed by atoms with van der Waals surface area (Å²) in [6, 6.07) is 10.6. The van der Waals surface area contributed by atoms with Gasteiger partial charge in [-0.25, -0.2) is 8.78 Å². The Morgan fingerprint density at radius 1 is 1.05 bits per heavy atom. The Labute approximate surface area is 119 Å². The average Bonchev–Trinajstić information content (AvgIpc) is 2.85. The molecule has 3 rings (SSSR count). The monoisotopic (exact) mass is 290 g/mol. The van der Waals surface area contributed by atoms with Crippen molar-refractivity contribution in [3.05, 3.63) is 70.6 Å². The zero-order chi connectivity index (χ0) is 14.3. The van der Waals surface area contributed by atoms with Gasteiger partial charge in [0.2, 0.25) is 0 Å². The molecule has 0 aliphatic rings. The molecule has 2 aromatic carbocycles. The molecule has 1 unspecified atom stereocenters. The van der Waals surface area contributed by atoms with Crippen LogP contribution in [0.1, 0.15) is 18.1 Å². The molecular weight excluding hydrogens is 278 g/mol. The van der Waals surface area contributed by atoms with Crippen LogP contribution in [-0.4, -0.2) is 5.11 Å². The molecule has 0 saturated heterocycles. The van der Waals surface area contributed by atoms with Gasteiger partial charge in [-0.15, -0.1) is 11.3 Å². The summed E-state index contributed by atoms with van der Waals surface area (Å²) in [5.74, 6) is -1.39. The predicted molar refractivity (Wildman–Crippen MR) is 76.9 cm³/mol. The van der Waals surface area contributed by atoms with Gasteiger partial charge >= 0.3 is 0 Å². The summed E-state index contributed by atoms with van der Waals surface area (Å²) >= 11 is 1.50. The van der Waals surface area contributed by atoms with Crippen LogP contribution >= 0.6 is 11.3 Å². The van der Waals surface area contributed by atoms with Gasteiger partial charge in [-0.1, -0.05) is 18.2 Å². The van der Waals surface area contributed by atoms with Crippen molar-refractivity contribution in [3.8, 4) is 0 Å². The summed E-state index contributed by atoms with van der Waals surface area (Å²) in [6.07, 6.45) is 0. The highest BCUT2D eigenvalue weighted by Gasteiger charge is 2.29. The first kappa shape index (κ1) is 13.2. The second-order valence-corrected chi connectivity index (χ2v) is 5.79. The van der Waals surface area contributed by atoms with E-state index in [1.54, 1.807) is 13.0 Å². The van der Waals surface area contributed by atoms with E-state index in [-0.39, 0.29) is 5.56 Å². The van der Waals surface area contributed by atoms with Gasteiger partial charge < -0.3 is 5.11 Å². The first-order valence-electron chi connectivity index (χ1n) is 6.14. The zero-order valence-electron chi connectivity index (χ0n) is 10.7. The molecule has 0 saturated carbocycles. The molecule has 0 amide bonds. The molecule has 0 aliphatic heterocycles. The number of fused-ring (bicyclic) bond motifs is 1. The lowest BCUT2D eigenvalue weighted by Crippen LogP contribution is -2.23. The van der Waals surface area contributed by atoms with Gasteiger partial charge in [0.05, 0.1) is 0 Å². The first-order valence-corrected chi connectivity index (χ1v) is 7.02. The van der Waals surface area contributed by atoms with Crippen LogP contribution < -0.4 is 0 Å². The minimum Gasteiger partial charge on any atom is -0.381 e. The van der Waals surface area contributed by atoms with Crippen LogP contribution in [0.2, 0.25) is 0 Å². The number of aliphatic hydroxyl groups is 1. The summed E-state index contributed by atoms with van der Waals surface area (Å²) in [7, 11) is 0. The molecule has 20 heavy (non-hydrogen) atoms. The van der Waals surface area contributed by atoms with E-state index in [9.17, 15) is 13.9 Å². The fourth-order valence-corrected chi connectivity index (χ4v) is 3.38. The summed E-state index contributed by atoms with van der Waals surface area (Å²) in [5.41, 5.74) is -0.598. The van der Waals surface area contributed by atoms with E-state index in [1.165, 1.54) is 11.3 Å². The molecule has 4 heteroatoms. The van der Waals surface area contributed by atoms with Crippen molar-refractivity contribution in [2.45, 2.75) is 12.5 Å². The highest BCUT2D eigenvalue weighted by atomic mass is 32.1. The van der Waals surface area contributed by atoms with Gasteiger partial charge in [0, 0.05) is 16.3 Å². The van der Waals surface area contributed by atoms with E-state index < -0.39 is 17.2 Å². The van der Waals surface area contributed by atoms with Gasteiger partial charge in [0.1, 0.15) is 17.2 Å². The standard InChI is InChI=1S/C16H12F2OS/c1-16(19,11-7-12(17)9-13(18)8-11)14-4-2-3-10-5-6-20-15(10)14/h2-9,19H,1H3. The third-order valence-corrected chi connectivity index (χ3v) is 4.39. The molecule has 0 bridgehead atoms. The average molecular weight is 290 g/mol. The normalized spacial score (nSPS) is 14.4. The number of hydrogen-bond donors (Lipinski definition) is 1. The molecule has 1 N–H and O–H groups in total. The Morgan fingerprint density at radius 2 is 1.75 bits per heavy atom. The lowest BCUT2D eigenvalue weighted by molar-refractivity contribution is 0.103.